The summed E-state index contributed by atoms with van der Waals surface area (Å²) in [6.45, 7) is 6.47. The second-order valence-corrected chi connectivity index (χ2v) is 1.90. The van der Waals surface area contributed by atoms with E-state index in [1.54, 1.807) is 18.2 Å². The zero-order valence-corrected chi connectivity index (χ0v) is 7.45. The summed E-state index contributed by atoms with van der Waals surface area (Å²) in [5, 5.41) is 7.42. The molecule has 0 fully saturated rings. The zero-order chi connectivity index (χ0) is 9.98. The number of hydrogen-bond acceptors (Lipinski definition) is 2. The van der Waals surface area contributed by atoms with Crippen LogP contribution in [0.1, 0.15) is 13.8 Å². The second kappa shape index (κ2) is 9.49. The molecular formula is C9H15NO2. The maximum absolute atomic E-state index is 9.00. The molecule has 0 amide bonds. The van der Waals surface area contributed by atoms with E-state index >= 15 is 0 Å². The van der Waals surface area contributed by atoms with Crippen molar-refractivity contribution in [2.45, 2.75) is 13.8 Å². The summed E-state index contributed by atoms with van der Waals surface area (Å²) in [7, 11) is 0. The lowest BCUT2D eigenvalue weighted by atomic mass is 10.4. The number of rotatable bonds is 2. The van der Waals surface area contributed by atoms with Gasteiger partial charge in [0.05, 0.1) is 0 Å². The summed E-state index contributed by atoms with van der Waals surface area (Å²) < 4.78 is 0. The first-order chi connectivity index (χ1) is 5.54. The van der Waals surface area contributed by atoms with Gasteiger partial charge >= 0.3 is 0 Å². The van der Waals surface area contributed by atoms with E-state index in [1.807, 2.05) is 13.0 Å². The highest BCUT2D eigenvalue weighted by Crippen LogP contribution is 1.84. The quantitative estimate of drug-likeness (QED) is 0.618. The van der Waals surface area contributed by atoms with Crippen LogP contribution in [0.2, 0.25) is 0 Å². The van der Waals surface area contributed by atoms with Gasteiger partial charge in [0.25, 0.3) is 5.97 Å². The molecule has 3 N–H and O–H groups in total. The molecule has 0 unspecified atom stereocenters. The van der Waals surface area contributed by atoms with Crippen molar-refractivity contribution >= 4 is 5.97 Å². The fourth-order valence-corrected chi connectivity index (χ4v) is 0.275. The fourth-order valence-electron chi connectivity index (χ4n) is 0.275. The smallest absolute Gasteiger partial charge is 0.300 e. The van der Waals surface area contributed by atoms with Crippen LogP contribution in [0.15, 0.2) is 36.6 Å². The van der Waals surface area contributed by atoms with Gasteiger partial charge in [-0.15, -0.1) is 0 Å². The standard InChI is InChI=1S/C7H11N.C2H4O2/c1-3-5-6-7(8)4-2;1-2(3)4/h3-6H,1,8H2,2H3;1H3,(H,3,4)/b6-5-,7-4+;. The van der Waals surface area contributed by atoms with Gasteiger partial charge in [-0.3, -0.25) is 4.79 Å². The van der Waals surface area contributed by atoms with Gasteiger partial charge in [0.15, 0.2) is 0 Å². The van der Waals surface area contributed by atoms with Crippen LogP contribution in [0.4, 0.5) is 0 Å². The minimum atomic E-state index is -0.833. The van der Waals surface area contributed by atoms with Crippen LogP contribution in [0.3, 0.4) is 0 Å². The van der Waals surface area contributed by atoms with E-state index in [1.165, 1.54) is 0 Å². The molecule has 0 rings (SSSR count). The Bertz CT molecular complexity index is 189. The lowest BCUT2D eigenvalue weighted by Crippen LogP contribution is -1.89. The molecule has 0 heterocycles. The maximum Gasteiger partial charge on any atom is 0.300 e. The topological polar surface area (TPSA) is 63.3 Å². The van der Waals surface area contributed by atoms with Crippen LogP contribution in [0, 0.1) is 0 Å². The molecule has 0 aliphatic carbocycles. The molecule has 0 saturated carbocycles. The van der Waals surface area contributed by atoms with Crippen molar-refractivity contribution in [2.24, 2.45) is 5.73 Å². The van der Waals surface area contributed by atoms with Gasteiger partial charge in [0.2, 0.25) is 0 Å². The Kier molecular flexibility index (Phi) is 10.4. The highest BCUT2D eigenvalue weighted by Gasteiger charge is 1.71. The molecule has 0 bridgehead atoms. The van der Waals surface area contributed by atoms with Gasteiger partial charge in [0.1, 0.15) is 0 Å². The second-order valence-electron chi connectivity index (χ2n) is 1.90. The maximum atomic E-state index is 9.00. The minimum Gasteiger partial charge on any atom is -0.481 e. The van der Waals surface area contributed by atoms with Crippen molar-refractivity contribution in [1.29, 1.82) is 0 Å². The Morgan fingerprint density at radius 3 is 2.25 bits per heavy atom. The predicted molar refractivity (Wildman–Crippen MR) is 50.6 cm³/mol. The Balaban J connectivity index is 0. The number of carboxylic acid groups (broad SMARTS) is 1. The summed E-state index contributed by atoms with van der Waals surface area (Å²) >= 11 is 0. The molecule has 3 heteroatoms. The lowest BCUT2D eigenvalue weighted by molar-refractivity contribution is -0.134. The SMILES string of the molecule is C=C/C=C\C(N)=C/C.CC(=O)O. The van der Waals surface area contributed by atoms with Crippen molar-refractivity contribution in [3.63, 3.8) is 0 Å². The fraction of sp³-hybridized carbons (Fsp3) is 0.222. The summed E-state index contributed by atoms with van der Waals surface area (Å²) in [4.78, 5) is 9.00. The van der Waals surface area contributed by atoms with E-state index in [0.29, 0.717) is 0 Å². The highest BCUT2D eigenvalue weighted by molar-refractivity contribution is 5.62. The third kappa shape index (κ3) is 23.6. The van der Waals surface area contributed by atoms with Crippen molar-refractivity contribution in [2.75, 3.05) is 0 Å². The average Bonchev–Trinajstić information content (AvgIpc) is 1.99. The van der Waals surface area contributed by atoms with Gasteiger partial charge in [-0.05, 0) is 13.0 Å². The number of allylic oxidation sites excluding steroid dienone is 4. The molecule has 0 aliphatic heterocycles. The number of aliphatic carboxylic acids is 1. The van der Waals surface area contributed by atoms with E-state index in [0.717, 1.165) is 12.6 Å². The Morgan fingerprint density at radius 1 is 1.58 bits per heavy atom. The number of hydrogen-bond donors (Lipinski definition) is 2. The van der Waals surface area contributed by atoms with Crippen molar-refractivity contribution in [3.8, 4) is 0 Å². The normalized spacial score (nSPS) is 10.3. The van der Waals surface area contributed by atoms with Crippen LogP contribution in [-0.4, -0.2) is 11.1 Å². The van der Waals surface area contributed by atoms with Crippen LogP contribution in [0.5, 0.6) is 0 Å². The van der Waals surface area contributed by atoms with Gasteiger partial charge in [0, 0.05) is 12.6 Å². The third-order valence-electron chi connectivity index (χ3n) is 0.758. The van der Waals surface area contributed by atoms with Gasteiger partial charge in [-0.1, -0.05) is 24.8 Å². The van der Waals surface area contributed by atoms with Gasteiger partial charge in [-0.2, -0.15) is 0 Å². The molecule has 68 valence electrons. The first kappa shape index (κ1) is 13.1. The monoisotopic (exact) mass is 169 g/mol. The Hall–Kier alpha value is -1.51. The van der Waals surface area contributed by atoms with Crippen molar-refractivity contribution in [3.05, 3.63) is 36.6 Å². The number of carbonyl (C=O) groups is 1. The van der Waals surface area contributed by atoms with Gasteiger partial charge < -0.3 is 10.8 Å². The molecular weight excluding hydrogens is 154 g/mol. The molecule has 12 heavy (non-hydrogen) atoms. The van der Waals surface area contributed by atoms with E-state index in [-0.39, 0.29) is 0 Å². The summed E-state index contributed by atoms with van der Waals surface area (Å²) in [5.74, 6) is -0.833. The van der Waals surface area contributed by atoms with Crippen molar-refractivity contribution < 1.29 is 9.90 Å². The largest absolute Gasteiger partial charge is 0.481 e. The predicted octanol–water partition coefficient (Wildman–Crippen LogP) is 1.68. The average molecular weight is 169 g/mol. The third-order valence-corrected chi connectivity index (χ3v) is 0.758. The van der Waals surface area contributed by atoms with Crippen molar-refractivity contribution in [1.82, 2.24) is 0 Å². The molecule has 0 aromatic heterocycles. The van der Waals surface area contributed by atoms with E-state index < -0.39 is 5.97 Å². The minimum absolute atomic E-state index is 0.768. The summed E-state index contributed by atoms with van der Waals surface area (Å²) in [6, 6.07) is 0. The number of nitrogens with two attached hydrogens (primary N) is 1. The molecule has 0 aromatic rings. The first-order valence-corrected chi connectivity index (χ1v) is 3.45. The number of carboxylic acids is 1. The molecule has 0 radical (unpaired) electrons. The summed E-state index contributed by atoms with van der Waals surface area (Å²) in [6.07, 6.45) is 7.12. The highest BCUT2D eigenvalue weighted by atomic mass is 16.4. The Morgan fingerprint density at radius 2 is 2.00 bits per heavy atom. The molecule has 3 nitrogen and oxygen atoms in total. The van der Waals surface area contributed by atoms with Crippen LogP contribution < -0.4 is 5.73 Å². The van der Waals surface area contributed by atoms with Gasteiger partial charge in [-0.25, -0.2) is 0 Å². The van der Waals surface area contributed by atoms with Crippen LogP contribution in [-0.2, 0) is 4.79 Å². The molecule has 0 saturated heterocycles. The molecule has 0 aromatic carbocycles. The first-order valence-electron chi connectivity index (χ1n) is 3.45. The van der Waals surface area contributed by atoms with E-state index in [4.69, 9.17) is 15.6 Å². The van der Waals surface area contributed by atoms with E-state index in [9.17, 15) is 0 Å². The zero-order valence-electron chi connectivity index (χ0n) is 7.45. The van der Waals surface area contributed by atoms with E-state index in [2.05, 4.69) is 6.58 Å². The molecule has 0 spiro atoms. The summed E-state index contributed by atoms with van der Waals surface area (Å²) in [5.41, 5.74) is 6.15. The van der Waals surface area contributed by atoms with Crippen LogP contribution in [0.25, 0.3) is 0 Å². The molecule has 0 aliphatic rings. The lowest BCUT2D eigenvalue weighted by Gasteiger charge is -1.83. The molecule has 0 atom stereocenters. The van der Waals surface area contributed by atoms with Crippen LogP contribution >= 0.6 is 0 Å². The Labute approximate surface area is 72.9 Å².